The van der Waals surface area contributed by atoms with Gasteiger partial charge in [-0.3, -0.25) is 0 Å². The fourth-order valence-corrected chi connectivity index (χ4v) is 2.16. The van der Waals surface area contributed by atoms with Gasteiger partial charge < -0.3 is 9.53 Å². The van der Waals surface area contributed by atoms with Crippen LogP contribution in [0.3, 0.4) is 0 Å². The van der Waals surface area contributed by atoms with E-state index in [-0.39, 0.29) is 5.92 Å². The molecule has 0 spiro atoms. The molecule has 0 amide bonds. The van der Waals surface area contributed by atoms with Gasteiger partial charge in [0.2, 0.25) is 0 Å². The highest BCUT2D eigenvalue weighted by atomic mass is 35.5. The third-order valence-electron chi connectivity index (χ3n) is 2.28. The number of rotatable bonds is 1. The van der Waals surface area contributed by atoms with Crippen LogP contribution >= 0.6 is 23.2 Å². The van der Waals surface area contributed by atoms with Crippen molar-refractivity contribution in [1.82, 2.24) is 0 Å². The van der Waals surface area contributed by atoms with Gasteiger partial charge >= 0.3 is 0 Å². The van der Waals surface area contributed by atoms with E-state index in [4.69, 9.17) is 27.9 Å². The Morgan fingerprint density at radius 1 is 1.43 bits per heavy atom. The first kappa shape index (κ1) is 9.81. The van der Waals surface area contributed by atoms with Crippen LogP contribution in [0, 0.1) is 0 Å². The molecular formula is C10H8Cl2O2. The van der Waals surface area contributed by atoms with Crippen LogP contribution in [-0.2, 0) is 4.79 Å². The number of fused-ring (bicyclic) bond motifs is 1. The maximum atomic E-state index is 10.8. The molecule has 0 N–H and O–H groups in total. The molecular weight excluding hydrogens is 223 g/mol. The van der Waals surface area contributed by atoms with Gasteiger partial charge in [0, 0.05) is 16.5 Å². The van der Waals surface area contributed by atoms with Crippen LogP contribution in [-0.4, -0.2) is 12.9 Å². The first-order chi connectivity index (χ1) is 6.72. The number of halogens is 2. The van der Waals surface area contributed by atoms with Gasteiger partial charge in [-0.1, -0.05) is 23.2 Å². The third kappa shape index (κ3) is 1.60. The van der Waals surface area contributed by atoms with Gasteiger partial charge in [0.1, 0.15) is 12.0 Å². The lowest BCUT2D eigenvalue weighted by atomic mass is 9.95. The summed E-state index contributed by atoms with van der Waals surface area (Å²) in [4.78, 5) is 10.8. The number of hydrogen-bond acceptors (Lipinski definition) is 2. The Morgan fingerprint density at radius 2 is 2.21 bits per heavy atom. The molecule has 1 aliphatic heterocycles. The Balaban J connectivity index is 2.56. The second kappa shape index (κ2) is 3.79. The van der Waals surface area contributed by atoms with Crippen molar-refractivity contribution in [2.45, 2.75) is 12.3 Å². The maximum absolute atomic E-state index is 10.8. The number of hydrogen-bond donors (Lipinski definition) is 0. The van der Waals surface area contributed by atoms with Gasteiger partial charge in [0.25, 0.3) is 0 Å². The molecule has 1 aromatic rings. The summed E-state index contributed by atoms with van der Waals surface area (Å²) in [6.45, 7) is 0.526. The van der Waals surface area contributed by atoms with Crippen LogP contribution in [0.15, 0.2) is 12.1 Å². The van der Waals surface area contributed by atoms with Crippen LogP contribution in [0.4, 0.5) is 0 Å². The molecule has 1 aromatic carbocycles. The van der Waals surface area contributed by atoms with E-state index < -0.39 is 0 Å². The highest BCUT2D eigenvalue weighted by Gasteiger charge is 2.23. The van der Waals surface area contributed by atoms with E-state index in [2.05, 4.69) is 0 Å². The molecule has 1 aliphatic rings. The van der Waals surface area contributed by atoms with Gasteiger partial charge in [0.15, 0.2) is 0 Å². The molecule has 0 saturated carbocycles. The third-order valence-corrected chi connectivity index (χ3v) is 2.78. The van der Waals surface area contributed by atoms with Gasteiger partial charge in [0.05, 0.1) is 11.6 Å². The number of carbonyl (C=O) groups is 1. The summed E-state index contributed by atoms with van der Waals surface area (Å²) >= 11 is 11.8. The molecule has 14 heavy (non-hydrogen) atoms. The lowest BCUT2D eigenvalue weighted by molar-refractivity contribution is -0.109. The van der Waals surface area contributed by atoms with Crippen molar-refractivity contribution in [2.75, 3.05) is 6.61 Å². The fraction of sp³-hybridized carbons (Fsp3) is 0.300. The van der Waals surface area contributed by atoms with Crippen LogP contribution in [0.25, 0.3) is 0 Å². The molecule has 0 aromatic heterocycles. The quantitative estimate of drug-likeness (QED) is 0.694. The largest absolute Gasteiger partial charge is 0.492 e. The van der Waals surface area contributed by atoms with E-state index in [9.17, 15) is 4.79 Å². The minimum atomic E-state index is -0.144. The van der Waals surface area contributed by atoms with Crippen LogP contribution in [0.5, 0.6) is 5.75 Å². The monoisotopic (exact) mass is 230 g/mol. The van der Waals surface area contributed by atoms with Gasteiger partial charge in [-0.25, -0.2) is 0 Å². The summed E-state index contributed by atoms with van der Waals surface area (Å²) in [7, 11) is 0. The van der Waals surface area contributed by atoms with Crippen molar-refractivity contribution < 1.29 is 9.53 Å². The second-order valence-corrected chi connectivity index (χ2v) is 4.03. The van der Waals surface area contributed by atoms with E-state index in [1.807, 2.05) is 0 Å². The standard InChI is InChI=1S/C10H8Cl2O2/c11-7-3-8-6(5-13)1-2-14-10(8)9(12)4-7/h3-6H,1-2H2. The minimum Gasteiger partial charge on any atom is -0.492 e. The highest BCUT2D eigenvalue weighted by molar-refractivity contribution is 6.35. The second-order valence-electron chi connectivity index (χ2n) is 3.19. The Morgan fingerprint density at radius 3 is 2.93 bits per heavy atom. The SMILES string of the molecule is O=CC1CCOc2c(Cl)cc(Cl)cc21. The molecule has 74 valence electrons. The van der Waals surface area contributed by atoms with Gasteiger partial charge in [-0.2, -0.15) is 0 Å². The van der Waals surface area contributed by atoms with E-state index in [1.54, 1.807) is 12.1 Å². The van der Waals surface area contributed by atoms with E-state index in [1.165, 1.54) is 0 Å². The summed E-state index contributed by atoms with van der Waals surface area (Å²) in [6.07, 6.45) is 1.60. The van der Waals surface area contributed by atoms with Crippen molar-refractivity contribution in [1.29, 1.82) is 0 Å². The van der Waals surface area contributed by atoms with Crippen molar-refractivity contribution in [2.24, 2.45) is 0 Å². The molecule has 0 fully saturated rings. The molecule has 0 radical (unpaired) electrons. The Kier molecular flexibility index (Phi) is 2.66. The molecule has 2 rings (SSSR count). The Hall–Kier alpha value is -0.730. The van der Waals surface area contributed by atoms with Crippen LogP contribution in [0.2, 0.25) is 10.0 Å². The lowest BCUT2D eigenvalue weighted by Gasteiger charge is -2.23. The zero-order chi connectivity index (χ0) is 10.1. The number of aldehydes is 1. The lowest BCUT2D eigenvalue weighted by Crippen LogP contribution is -2.15. The van der Waals surface area contributed by atoms with Crippen molar-refractivity contribution in [3.63, 3.8) is 0 Å². The predicted octanol–water partition coefficient (Wildman–Crippen LogP) is 3.06. The molecule has 1 heterocycles. The average Bonchev–Trinajstić information content (AvgIpc) is 2.17. The number of carbonyl (C=O) groups excluding carboxylic acids is 1. The van der Waals surface area contributed by atoms with Crippen molar-refractivity contribution in [3.05, 3.63) is 27.7 Å². The average molecular weight is 231 g/mol. The van der Waals surface area contributed by atoms with Crippen LogP contribution in [0.1, 0.15) is 17.9 Å². The summed E-state index contributed by atoms with van der Waals surface area (Å²) in [6, 6.07) is 3.36. The van der Waals surface area contributed by atoms with E-state index in [0.29, 0.717) is 28.8 Å². The van der Waals surface area contributed by atoms with Crippen molar-refractivity contribution in [3.8, 4) is 5.75 Å². The molecule has 0 saturated heterocycles. The summed E-state index contributed by atoms with van der Waals surface area (Å²) in [5.74, 6) is 0.453. The minimum absolute atomic E-state index is 0.144. The predicted molar refractivity (Wildman–Crippen MR) is 55.4 cm³/mol. The zero-order valence-corrected chi connectivity index (χ0v) is 8.81. The highest BCUT2D eigenvalue weighted by Crippen LogP contribution is 2.39. The summed E-state index contributed by atoms with van der Waals surface area (Å²) in [5, 5.41) is 1.00. The summed E-state index contributed by atoms with van der Waals surface area (Å²) in [5.41, 5.74) is 0.795. The molecule has 1 atom stereocenters. The molecule has 4 heteroatoms. The Labute approximate surface area is 91.8 Å². The molecule has 1 unspecified atom stereocenters. The zero-order valence-electron chi connectivity index (χ0n) is 7.30. The number of ether oxygens (including phenoxy) is 1. The molecule has 0 aliphatic carbocycles. The Bertz CT molecular complexity index is 377. The fourth-order valence-electron chi connectivity index (χ4n) is 1.59. The van der Waals surface area contributed by atoms with Gasteiger partial charge in [-0.05, 0) is 18.6 Å². The first-order valence-electron chi connectivity index (χ1n) is 4.29. The van der Waals surface area contributed by atoms with Gasteiger partial charge in [-0.15, -0.1) is 0 Å². The van der Waals surface area contributed by atoms with Crippen molar-refractivity contribution >= 4 is 29.5 Å². The molecule has 0 bridgehead atoms. The van der Waals surface area contributed by atoms with E-state index in [0.717, 1.165) is 11.8 Å². The van der Waals surface area contributed by atoms with Crippen LogP contribution < -0.4 is 4.74 Å². The normalized spacial score (nSPS) is 19.7. The topological polar surface area (TPSA) is 26.3 Å². The van der Waals surface area contributed by atoms with E-state index >= 15 is 0 Å². The summed E-state index contributed by atoms with van der Waals surface area (Å²) < 4.78 is 5.39. The first-order valence-corrected chi connectivity index (χ1v) is 5.05. The smallest absolute Gasteiger partial charge is 0.141 e. The number of benzene rings is 1. The maximum Gasteiger partial charge on any atom is 0.141 e. The molecule has 2 nitrogen and oxygen atoms in total.